The van der Waals surface area contributed by atoms with Crippen molar-refractivity contribution in [1.29, 1.82) is 0 Å². The maximum atomic E-state index is 13.5. The average molecular weight is 247 g/mol. The lowest BCUT2D eigenvalue weighted by Gasteiger charge is -2.15. The zero-order chi connectivity index (χ0) is 12.9. The van der Waals surface area contributed by atoms with Gasteiger partial charge in [-0.05, 0) is 37.8 Å². The number of benzene rings is 1. The van der Waals surface area contributed by atoms with Gasteiger partial charge in [-0.2, -0.15) is 0 Å². The topological polar surface area (TPSA) is 43.8 Å². The molecule has 2 aromatic rings. The molecule has 0 saturated heterocycles. The molecule has 3 nitrogen and oxygen atoms in total. The summed E-state index contributed by atoms with van der Waals surface area (Å²) in [5, 5.41) is 0. The molecule has 1 aromatic heterocycles. The van der Waals surface area contributed by atoms with E-state index < -0.39 is 0 Å². The largest absolute Gasteiger partial charge is 0.369 e. The van der Waals surface area contributed by atoms with E-state index in [1.54, 1.807) is 6.92 Å². The lowest BCUT2D eigenvalue weighted by Crippen LogP contribution is -2.09. The van der Waals surface area contributed by atoms with Crippen molar-refractivity contribution in [3.63, 3.8) is 0 Å². The molecule has 1 atom stereocenters. The number of nitrogens with zero attached hydrogens (tertiary/aromatic N) is 2. The standard InChI is InChI=1S/C14H18FN3/c1-8-5-13-12(7-11(8)15)17-14(16)18(13)9(2)6-10-3-4-10/h5,7,9-10H,3-4,6H2,1-2H3,(H2,16,17). The molecule has 1 saturated carbocycles. The second kappa shape index (κ2) is 3.97. The van der Waals surface area contributed by atoms with Crippen LogP contribution in [0.5, 0.6) is 0 Å². The molecule has 4 heteroatoms. The fraction of sp³-hybridized carbons (Fsp3) is 0.500. The Hall–Kier alpha value is -1.58. The third kappa shape index (κ3) is 1.85. The summed E-state index contributed by atoms with van der Waals surface area (Å²) in [4.78, 5) is 4.26. The first-order chi connectivity index (χ1) is 8.56. The summed E-state index contributed by atoms with van der Waals surface area (Å²) in [6, 6.07) is 3.64. The SMILES string of the molecule is Cc1cc2c(cc1F)nc(N)n2C(C)CC1CC1. The van der Waals surface area contributed by atoms with E-state index in [-0.39, 0.29) is 5.82 Å². The summed E-state index contributed by atoms with van der Waals surface area (Å²) in [6.45, 7) is 3.93. The second-order valence-electron chi connectivity index (χ2n) is 5.46. The number of rotatable bonds is 3. The average Bonchev–Trinajstić information content (AvgIpc) is 3.03. The van der Waals surface area contributed by atoms with Gasteiger partial charge in [0.2, 0.25) is 5.95 Å². The first-order valence-electron chi connectivity index (χ1n) is 6.50. The molecule has 0 spiro atoms. The number of halogens is 1. The van der Waals surface area contributed by atoms with Gasteiger partial charge in [-0.3, -0.25) is 0 Å². The Morgan fingerprint density at radius 2 is 2.22 bits per heavy atom. The van der Waals surface area contributed by atoms with Gasteiger partial charge in [0.15, 0.2) is 0 Å². The number of aromatic nitrogens is 2. The molecular formula is C14H18FN3. The number of aryl methyl sites for hydroxylation is 1. The van der Waals surface area contributed by atoms with E-state index in [9.17, 15) is 4.39 Å². The summed E-state index contributed by atoms with van der Waals surface area (Å²) < 4.78 is 15.6. The van der Waals surface area contributed by atoms with Crippen molar-refractivity contribution < 1.29 is 4.39 Å². The Bertz CT molecular complexity index is 599. The van der Waals surface area contributed by atoms with Crippen molar-refractivity contribution in [3.05, 3.63) is 23.5 Å². The van der Waals surface area contributed by atoms with Gasteiger partial charge in [0.25, 0.3) is 0 Å². The molecule has 0 radical (unpaired) electrons. The summed E-state index contributed by atoms with van der Waals surface area (Å²) in [6.07, 6.45) is 3.78. The van der Waals surface area contributed by atoms with E-state index in [1.165, 1.54) is 18.9 Å². The molecular weight excluding hydrogens is 229 g/mol. The minimum atomic E-state index is -0.220. The van der Waals surface area contributed by atoms with Crippen molar-refractivity contribution in [2.24, 2.45) is 5.92 Å². The van der Waals surface area contributed by atoms with E-state index in [0.717, 1.165) is 17.9 Å². The third-order valence-corrected chi connectivity index (χ3v) is 3.81. The molecule has 96 valence electrons. The quantitative estimate of drug-likeness (QED) is 0.903. The first-order valence-corrected chi connectivity index (χ1v) is 6.50. The van der Waals surface area contributed by atoms with Gasteiger partial charge in [-0.25, -0.2) is 9.37 Å². The molecule has 0 aliphatic heterocycles. The summed E-state index contributed by atoms with van der Waals surface area (Å²) in [5.41, 5.74) is 8.22. The van der Waals surface area contributed by atoms with Crippen molar-refractivity contribution in [1.82, 2.24) is 9.55 Å². The van der Waals surface area contributed by atoms with Gasteiger partial charge in [0.1, 0.15) is 5.82 Å². The molecule has 2 N–H and O–H groups in total. The van der Waals surface area contributed by atoms with Crippen LogP contribution < -0.4 is 5.73 Å². The van der Waals surface area contributed by atoms with Crippen LogP contribution in [-0.4, -0.2) is 9.55 Å². The highest BCUT2D eigenvalue weighted by molar-refractivity contribution is 5.79. The molecule has 0 amide bonds. The van der Waals surface area contributed by atoms with Crippen LogP contribution in [0.2, 0.25) is 0 Å². The van der Waals surface area contributed by atoms with Gasteiger partial charge in [-0.1, -0.05) is 12.8 Å². The smallest absolute Gasteiger partial charge is 0.201 e. The summed E-state index contributed by atoms with van der Waals surface area (Å²) >= 11 is 0. The highest BCUT2D eigenvalue weighted by Crippen LogP contribution is 2.38. The lowest BCUT2D eigenvalue weighted by molar-refractivity contribution is 0.492. The van der Waals surface area contributed by atoms with E-state index >= 15 is 0 Å². The van der Waals surface area contributed by atoms with Crippen LogP contribution in [0.15, 0.2) is 12.1 Å². The highest BCUT2D eigenvalue weighted by Gasteiger charge is 2.26. The van der Waals surface area contributed by atoms with Gasteiger partial charge in [0, 0.05) is 12.1 Å². The number of nitrogens with two attached hydrogens (primary N) is 1. The maximum absolute atomic E-state index is 13.5. The van der Waals surface area contributed by atoms with Crippen molar-refractivity contribution in [2.45, 2.75) is 39.2 Å². The molecule has 1 aromatic carbocycles. The van der Waals surface area contributed by atoms with Gasteiger partial charge in [-0.15, -0.1) is 0 Å². The van der Waals surface area contributed by atoms with Crippen LogP contribution >= 0.6 is 0 Å². The van der Waals surface area contributed by atoms with Crippen molar-refractivity contribution in [2.75, 3.05) is 5.73 Å². The minimum absolute atomic E-state index is 0.220. The Kier molecular flexibility index (Phi) is 2.54. The monoisotopic (exact) mass is 247 g/mol. The fourth-order valence-corrected chi connectivity index (χ4v) is 2.64. The zero-order valence-corrected chi connectivity index (χ0v) is 10.8. The number of imidazole rings is 1. The normalized spacial score (nSPS) is 17.3. The predicted molar refractivity (Wildman–Crippen MR) is 70.9 cm³/mol. The minimum Gasteiger partial charge on any atom is -0.369 e. The molecule has 18 heavy (non-hydrogen) atoms. The Morgan fingerprint density at radius 3 is 2.89 bits per heavy atom. The Labute approximate surface area is 106 Å². The van der Waals surface area contributed by atoms with Crippen LogP contribution in [-0.2, 0) is 0 Å². The molecule has 1 aliphatic rings. The van der Waals surface area contributed by atoms with Crippen molar-refractivity contribution in [3.8, 4) is 0 Å². The van der Waals surface area contributed by atoms with Gasteiger partial charge in [0.05, 0.1) is 11.0 Å². The van der Waals surface area contributed by atoms with Gasteiger partial charge < -0.3 is 10.3 Å². The second-order valence-corrected chi connectivity index (χ2v) is 5.46. The van der Waals surface area contributed by atoms with Crippen LogP contribution in [0.4, 0.5) is 10.3 Å². The molecule has 1 unspecified atom stereocenters. The van der Waals surface area contributed by atoms with Crippen molar-refractivity contribution >= 4 is 17.0 Å². The molecule has 0 bridgehead atoms. The summed E-state index contributed by atoms with van der Waals surface area (Å²) in [7, 11) is 0. The number of nitrogen functional groups attached to an aromatic ring is 1. The highest BCUT2D eigenvalue weighted by atomic mass is 19.1. The maximum Gasteiger partial charge on any atom is 0.201 e. The summed E-state index contributed by atoms with van der Waals surface area (Å²) in [5.74, 6) is 1.10. The van der Waals surface area contributed by atoms with E-state index in [4.69, 9.17) is 5.73 Å². The van der Waals surface area contributed by atoms with E-state index in [1.807, 2.05) is 10.6 Å². The Morgan fingerprint density at radius 1 is 1.50 bits per heavy atom. The number of anilines is 1. The predicted octanol–water partition coefficient (Wildman–Crippen LogP) is 3.43. The lowest BCUT2D eigenvalue weighted by atomic mass is 10.1. The third-order valence-electron chi connectivity index (χ3n) is 3.81. The van der Waals surface area contributed by atoms with Crippen LogP contribution in [0, 0.1) is 18.7 Å². The zero-order valence-electron chi connectivity index (χ0n) is 10.8. The van der Waals surface area contributed by atoms with Crippen LogP contribution in [0.1, 0.15) is 37.8 Å². The molecule has 1 heterocycles. The van der Waals surface area contributed by atoms with E-state index in [0.29, 0.717) is 23.1 Å². The Balaban J connectivity index is 2.08. The van der Waals surface area contributed by atoms with Crippen LogP contribution in [0.3, 0.4) is 0 Å². The number of hydrogen-bond donors (Lipinski definition) is 1. The first kappa shape index (κ1) is 11.5. The van der Waals surface area contributed by atoms with Crippen LogP contribution in [0.25, 0.3) is 11.0 Å². The molecule has 1 aliphatic carbocycles. The van der Waals surface area contributed by atoms with E-state index in [2.05, 4.69) is 11.9 Å². The molecule has 1 fully saturated rings. The molecule has 3 rings (SSSR count). The number of hydrogen-bond acceptors (Lipinski definition) is 2. The van der Waals surface area contributed by atoms with Gasteiger partial charge >= 0.3 is 0 Å². The fourth-order valence-electron chi connectivity index (χ4n) is 2.64. The number of fused-ring (bicyclic) bond motifs is 1.